The summed E-state index contributed by atoms with van der Waals surface area (Å²) in [5.41, 5.74) is 0. The van der Waals surface area contributed by atoms with Crippen LogP contribution in [0.4, 0.5) is 0 Å². The molecule has 0 aromatic heterocycles. The molecular formula is C22H46O4. The average Bonchev–Trinajstić information content (AvgIpc) is 2.55. The van der Waals surface area contributed by atoms with Crippen molar-refractivity contribution in [2.45, 2.75) is 73.1 Å². The fourth-order valence-corrected chi connectivity index (χ4v) is 4.13. The van der Waals surface area contributed by atoms with Crippen LogP contribution in [0.1, 0.15) is 73.1 Å². The van der Waals surface area contributed by atoms with Gasteiger partial charge in [0.1, 0.15) is 13.6 Å². The van der Waals surface area contributed by atoms with E-state index in [2.05, 4.69) is 34.6 Å². The zero-order valence-corrected chi connectivity index (χ0v) is 18.6. The summed E-state index contributed by atoms with van der Waals surface area (Å²) in [5, 5.41) is 0. The third kappa shape index (κ3) is 16.0. The van der Waals surface area contributed by atoms with Crippen molar-refractivity contribution in [1.82, 2.24) is 0 Å². The Kier molecular flexibility index (Phi) is 16.9. The summed E-state index contributed by atoms with van der Waals surface area (Å²) in [6.45, 7) is 14.3. The molecule has 158 valence electrons. The van der Waals surface area contributed by atoms with E-state index < -0.39 is 0 Å². The minimum Gasteiger partial charge on any atom is -0.359 e. The van der Waals surface area contributed by atoms with Gasteiger partial charge in [-0.25, -0.2) is 0 Å². The highest BCUT2D eigenvalue weighted by molar-refractivity contribution is 4.68. The van der Waals surface area contributed by atoms with E-state index in [4.69, 9.17) is 18.9 Å². The van der Waals surface area contributed by atoms with Crippen LogP contribution < -0.4 is 0 Å². The molecule has 1 unspecified atom stereocenters. The van der Waals surface area contributed by atoms with Crippen LogP contribution in [0.15, 0.2) is 0 Å². The van der Waals surface area contributed by atoms with Gasteiger partial charge in [0.05, 0.1) is 0 Å². The van der Waals surface area contributed by atoms with Gasteiger partial charge in [-0.2, -0.15) is 0 Å². The van der Waals surface area contributed by atoms with E-state index in [1.165, 1.54) is 25.7 Å². The SMILES string of the molecule is COCOCC[C@@H](C)C[C@H](C)CC(C)C[C@H](C)C[C@H](C)CCOCOC. The Hall–Kier alpha value is -0.160. The van der Waals surface area contributed by atoms with Crippen molar-refractivity contribution in [2.75, 3.05) is 41.0 Å². The van der Waals surface area contributed by atoms with Gasteiger partial charge in [0, 0.05) is 27.4 Å². The average molecular weight is 375 g/mol. The fraction of sp³-hybridized carbons (Fsp3) is 1.00. The first-order valence-electron chi connectivity index (χ1n) is 10.5. The first kappa shape index (κ1) is 25.8. The highest BCUT2D eigenvalue weighted by Crippen LogP contribution is 2.28. The molecule has 0 aliphatic heterocycles. The summed E-state index contributed by atoms with van der Waals surface area (Å²) >= 11 is 0. The second-order valence-corrected chi connectivity index (χ2v) is 8.68. The Labute approximate surface area is 163 Å². The number of hydrogen-bond donors (Lipinski definition) is 0. The van der Waals surface area contributed by atoms with Gasteiger partial charge >= 0.3 is 0 Å². The van der Waals surface area contributed by atoms with Crippen LogP contribution in [0, 0.1) is 29.6 Å². The van der Waals surface area contributed by atoms with E-state index in [0.29, 0.717) is 13.6 Å². The van der Waals surface area contributed by atoms with Crippen molar-refractivity contribution in [1.29, 1.82) is 0 Å². The molecule has 0 spiro atoms. The lowest BCUT2D eigenvalue weighted by molar-refractivity contribution is -0.0346. The summed E-state index contributed by atoms with van der Waals surface area (Å²) in [4.78, 5) is 0. The van der Waals surface area contributed by atoms with Gasteiger partial charge in [0.2, 0.25) is 0 Å². The third-order valence-corrected chi connectivity index (χ3v) is 5.13. The minimum atomic E-state index is 0.411. The maximum atomic E-state index is 5.41. The Bertz CT molecular complexity index is 270. The molecule has 0 aliphatic rings. The molecule has 0 N–H and O–H groups in total. The molecule has 0 heterocycles. The smallest absolute Gasteiger partial charge is 0.146 e. The van der Waals surface area contributed by atoms with Gasteiger partial charge in [0.15, 0.2) is 0 Å². The highest BCUT2D eigenvalue weighted by atomic mass is 16.7. The van der Waals surface area contributed by atoms with Crippen LogP contribution in [0.25, 0.3) is 0 Å². The van der Waals surface area contributed by atoms with Gasteiger partial charge in [-0.3, -0.25) is 0 Å². The van der Waals surface area contributed by atoms with Crippen LogP contribution in [0.5, 0.6) is 0 Å². The molecule has 0 aromatic rings. The van der Waals surface area contributed by atoms with E-state index in [1.807, 2.05) is 0 Å². The maximum Gasteiger partial charge on any atom is 0.146 e. The molecule has 4 heteroatoms. The minimum absolute atomic E-state index is 0.411. The molecule has 0 aliphatic carbocycles. The van der Waals surface area contributed by atoms with Crippen molar-refractivity contribution in [3.63, 3.8) is 0 Å². The van der Waals surface area contributed by atoms with Gasteiger partial charge in [0.25, 0.3) is 0 Å². The third-order valence-electron chi connectivity index (χ3n) is 5.13. The normalized spacial score (nSPS) is 17.7. The predicted molar refractivity (Wildman–Crippen MR) is 109 cm³/mol. The second kappa shape index (κ2) is 17.0. The van der Waals surface area contributed by atoms with E-state index in [1.54, 1.807) is 14.2 Å². The Balaban J connectivity index is 3.84. The molecule has 0 amide bonds. The van der Waals surface area contributed by atoms with E-state index in [0.717, 1.165) is 55.6 Å². The summed E-state index contributed by atoms with van der Waals surface area (Å²) in [6, 6.07) is 0. The van der Waals surface area contributed by atoms with Crippen LogP contribution in [-0.4, -0.2) is 41.0 Å². The van der Waals surface area contributed by atoms with E-state index in [9.17, 15) is 0 Å². The Morgan fingerprint density at radius 3 is 1.12 bits per heavy atom. The van der Waals surface area contributed by atoms with Crippen molar-refractivity contribution in [3.05, 3.63) is 0 Å². The van der Waals surface area contributed by atoms with Gasteiger partial charge in [-0.15, -0.1) is 0 Å². The number of hydrogen-bond acceptors (Lipinski definition) is 4. The van der Waals surface area contributed by atoms with Crippen molar-refractivity contribution in [2.24, 2.45) is 29.6 Å². The van der Waals surface area contributed by atoms with E-state index >= 15 is 0 Å². The summed E-state index contributed by atoms with van der Waals surface area (Å²) in [7, 11) is 3.34. The van der Waals surface area contributed by atoms with Crippen molar-refractivity contribution in [3.8, 4) is 0 Å². The standard InChI is InChI=1S/C22H46O4/c1-18(8-10-25-16-23-6)12-20(3)14-22(5)15-21(4)13-19(2)9-11-26-17-24-7/h18-22H,8-17H2,1-7H3/t18-,19-,20-,21+,22?/m1/s1. The van der Waals surface area contributed by atoms with Crippen molar-refractivity contribution >= 4 is 0 Å². The molecular weight excluding hydrogens is 328 g/mol. The van der Waals surface area contributed by atoms with Gasteiger partial charge in [-0.1, -0.05) is 34.6 Å². The maximum absolute atomic E-state index is 5.41. The first-order chi connectivity index (χ1) is 12.4. The molecule has 0 rings (SSSR count). The molecule has 0 saturated heterocycles. The Morgan fingerprint density at radius 2 is 0.808 bits per heavy atom. The lowest BCUT2D eigenvalue weighted by Crippen LogP contribution is -2.13. The summed E-state index contributed by atoms with van der Waals surface area (Å²) in [6.07, 6.45) is 7.50. The fourth-order valence-electron chi connectivity index (χ4n) is 4.13. The van der Waals surface area contributed by atoms with Crippen LogP contribution in [-0.2, 0) is 18.9 Å². The van der Waals surface area contributed by atoms with Crippen LogP contribution in [0.3, 0.4) is 0 Å². The summed E-state index contributed by atoms with van der Waals surface area (Å²) < 4.78 is 20.7. The molecule has 0 fully saturated rings. The zero-order chi connectivity index (χ0) is 19.8. The van der Waals surface area contributed by atoms with Crippen molar-refractivity contribution < 1.29 is 18.9 Å². The second-order valence-electron chi connectivity index (χ2n) is 8.68. The van der Waals surface area contributed by atoms with Gasteiger partial charge in [-0.05, 0) is 68.1 Å². The monoisotopic (exact) mass is 374 g/mol. The zero-order valence-electron chi connectivity index (χ0n) is 18.6. The molecule has 0 radical (unpaired) electrons. The Morgan fingerprint density at radius 1 is 0.500 bits per heavy atom. The summed E-state index contributed by atoms with van der Waals surface area (Å²) in [5.74, 6) is 3.81. The lowest BCUT2D eigenvalue weighted by Gasteiger charge is -2.24. The van der Waals surface area contributed by atoms with Gasteiger partial charge < -0.3 is 18.9 Å². The number of methoxy groups -OCH3 is 2. The van der Waals surface area contributed by atoms with Crippen LogP contribution >= 0.6 is 0 Å². The number of ether oxygens (including phenoxy) is 4. The quantitative estimate of drug-likeness (QED) is 0.226. The topological polar surface area (TPSA) is 36.9 Å². The molecule has 0 saturated carbocycles. The van der Waals surface area contributed by atoms with Crippen LogP contribution in [0.2, 0.25) is 0 Å². The highest BCUT2D eigenvalue weighted by Gasteiger charge is 2.16. The molecule has 4 nitrogen and oxygen atoms in total. The molecule has 26 heavy (non-hydrogen) atoms. The molecule has 5 atom stereocenters. The largest absolute Gasteiger partial charge is 0.359 e. The number of rotatable bonds is 18. The molecule has 0 bridgehead atoms. The first-order valence-corrected chi connectivity index (χ1v) is 10.5. The molecule has 0 aromatic carbocycles. The van der Waals surface area contributed by atoms with E-state index in [-0.39, 0.29) is 0 Å². The predicted octanol–water partition coefficient (Wildman–Crippen LogP) is 5.75. The lowest BCUT2D eigenvalue weighted by atomic mass is 9.82.